The minimum absolute atomic E-state index is 0.0727. The molecule has 0 unspecified atom stereocenters. The molecule has 0 bridgehead atoms. The summed E-state index contributed by atoms with van der Waals surface area (Å²) in [7, 11) is 0. The third-order valence-electron chi connectivity index (χ3n) is 3.55. The predicted molar refractivity (Wildman–Crippen MR) is 99.2 cm³/mol. The van der Waals surface area contributed by atoms with E-state index in [2.05, 4.69) is 15.3 Å². The Morgan fingerprint density at radius 1 is 1.28 bits per heavy atom. The van der Waals surface area contributed by atoms with Gasteiger partial charge in [0, 0.05) is 36.4 Å². The van der Waals surface area contributed by atoms with Gasteiger partial charge in [-0.2, -0.15) is 0 Å². The second-order valence-corrected chi connectivity index (χ2v) is 6.59. The molecule has 0 aliphatic heterocycles. The van der Waals surface area contributed by atoms with Crippen molar-refractivity contribution in [3.05, 3.63) is 35.6 Å². The third-order valence-corrected chi connectivity index (χ3v) is 4.49. The largest absolute Gasteiger partial charge is 0.355 e. The average molecular weight is 360 g/mol. The number of carbonyl (C=O) groups excluding carboxylic acids is 2. The number of aromatic nitrogens is 2. The summed E-state index contributed by atoms with van der Waals surface area (Å²) in [5, 5.41) is 5.55. The summed E-state index contributed by atoms with van der Waals surface area (Å²) in [5.41, 5.74) is 1.67. The van der Waals surface area contributed by atoms with E-state index in [1.165, 1.54) is 11.3 Å². The maximum Gasteiger partial charge on any atom is 0.239 e. The molecule has 134 valence electrons. The smallest absolute Gasteiger partial charge is 0.239 e. The van der Waals surface area contributed by atoms with Crippen LogP contribution >= 0.6 is 11.3 Å². The van der Waals surface area contributed by atoms with Gasteiger partial charge in [0.2, 0.25) is 11.8 Å². The molecule has 1 N–H and O–H groups in total. The molecule has 25 heavy (non-hydrogen) atoms. The van der Waals surface area contributed by atoms with Crippen molar-refractivity contribution in [3.63, 3.8) is 0 Å². The highest BCUT2D eigenvalue weighted by Crippen LogP contribution is 2.23. The lowest BCUT2D eigenvalue weighted by molar-refractivity contribution is -0.135. The second-order valence-electron chi connectivity index (χ2n) is 5.73. The molecular weight excluding hydrogens is 336 g/mol. The van der Waals surface area contributed by atoms with Gasteiger partial charge in [-0.15, -0.1) is 11.3 Å². The molecule has 0 saturated carbocycles. The van der Waals surface area contributed by atoms with E-state index in [0.717, 1.165) is 29.1 Å². The fourth-order valence-corrected chi connectivity index (χ4v) is 3.14. The van der Waals surface area contributed by atoms with Gasteiger partial charge in [-0.3, -0.25) is 14.6 Å². The first-order chi connectivity index (χ1) is 12.1. The van der Waals surface area contributed by atoms with Gasteiger partial charge >= 0.3 is 0 Å². The summed E-state index contributed by atoms with van der Waals surface area (Å²) in [6, 6.07) is 3.80. The summed E-state index contributed by atoms with van der Waals surface area (Å²) in [4.78, 5) is 34.7. The van der Waals surface area contributed by atoms with Crippen molar-refractivity contribution in [1.82, 2.24) is 20.2 Å². The molecule has 2 aromatic rings. The van der Waals surface area contributed by atoms with Crippen LogP contribution in [0.15, 0.2) is 29.9 Å². The Morgan fingerprint density at radius 2 is 2.12 bits per heavy atom. The minimum atomic E-state index is -0.113. The van der Waals surface area contributed by atoms with Crippen LogP contribution in [-0.2, 0) is 16.0 Å². The zero-order chi connectivity index (χ0) is 18.1. The van der Waals surface area contributed by atoms with E-state index in [1.807, 2.05) is 31.4 Å². The van der Waals surface area contributed by atoms with Crippen molar-refractivity contribution in [3.8, 4) is 10.6 Å². The van der Waals surface area contributed by atoms with Crippen LogP contribution < -0.4 is 5.32 Å². The Labute approximate surface area is 152 Å². The number of hydrogen-bond acceptors (Lipinski definition) is 5. The molecule has 2 aromatic heterocycles. The highest BCUT2D eigenvalue weighted by Gasteiger charge is 2.18. The molecule has 0 aliphatic rings. The van der Waals surface area contributed by atoms with Crippen molar-refractivity contribution >= 4 is 23.2 Å². The number of nitrogens with zero attached hydrogens (tertiary/aromatic N) is 3. The summed E-state index contributed by atoms with van der Waals surface area (Å²) >= 11 is 1.49. The highest BCUT2D eigenvalue weighted by molar-refractivity contribution is 7.13. The molecule has 0 spiro atoms. The number of amides is 2. The maximum atomic E-state index is 12.6. The first-order valence-corrected chi connectivity index (χ1v) is 9.41. The zero-order valence-electron chi connectivity index (χ0n) is 14.7. The van der Waals surface area contributed by atoms with Crippen LogP contribution in [0.1, 0.15) is 32.4 Å². The lowest BCUT2D eigenvalue weighted by Gasteiger charge is -2.21. The minimum Gasteiger partial charge on any atom is -0.355 e. The number of thiazole rings is 1. The van der Waals surface area contributed by atoms with E-state index in [1.54, 1.807) is 17.3 Å². The lowest BCUT2D eigenvalue weighted by Crippen LogP contribution is -2.42. The Morgan fingerprint density at radius 3 is 2.80 bits per heavy atom. The number of rotatable bonds is 9. The van der Waals surface area contributed by atoms with E-state index in [4.69, 9.17) is 0 Å². The Balaban J connectivity index is 1.98. The van der Waals surface area contributed by atoms with Crippen molar-refractivity contribution in [2.45, 2.75) is 33.1 Å². The van der Waals surface area contributed by atoms with Crippen LogP contribution in [0, 0.1) is 0 Å². The SMILES string of the molecule is CCCNC(=O)CN(CCC)C(=O)Cc1csc(-c2cccnc2)n1. The molecule has 7 heteroatoms. The van der Waals surface area contributed by atoms with E-state index in [-0.39, 0.29) is 24.8 Å². The number of hydrogen-bond donors (Lipinski definition) is 1. The van der Waals surface area contributed by atoms with Gasteiger partial charge in [-0.1, -0.05) is 13.8 Å². The topological polar surface area (TPSA) is 75.2 Å². The van der Waals surface area contributed by atoms with E-state index in [9.17, 15) is 9.59 Å². The van der Waals surface area contributed by atoms with Crippen LogP contribution in [0.5, 0.6) is 0 Å². The Hall–Kier alpha value is -2.28. The van der Waals surface area contributed by atoms with Gasteiger partial charge in [-0.05, 0) is 25.0 Å². The fraction of sp³-hybridized carbons (Fsp3) is 0.444. The lowest BCUT2D eigenvalue weighted by atomic mass is 10.2. The van der Waals surface area contributed by atoms with E-state index >= 15 is 0 Å². The number of nitrogens with one attached hydrogen (secondary N) is 1. The first-order valence-electron chi connectivity index (χ1n) is 8.53. The van der Waals surface area contributed by atoms with Gasteiger partial charge in [0.1, 0.15) is 5.01 Å². The van der Waals surface area contributed by atoms with Crippen molar-refractivity contribution in [2.24, 2.45) is 0 Å². The highest BCUT2D eigenvalue weighted by atomic mass is 32.1. The molecule has 6 nitrogen and oxygen atoms in total. The molecule has 0 radical (unpaired) electrons. The van der Waals surface area contributed by atoms with Crippen LogP contribution in [0.2, 0.25) is 0 Å². The average Bonchev–Trinajstić information content (AvgIpc) is 3.09. The van der Waals surface area contributed by atoms with Gasteiger partial charge in [0.05, 0.1) is 18.7 Å². The van der Waals surface area contributed by atoms with Crippen LogP contribution in [0.3, 0.4) is 0 Å². The van der Waals surface area contributed by atoms with E-state index in [0.29, 0.717) is 13.1 Å². The summed E-state index contributed by atoms with van der Waals surface area (Å²) < 4.78 is 0. The quantitative estimate of drug-likeness (QED) is 0.745. The maximum absolute atomic E-state index is 12.6. The number of carbonyl (C=O) groups is 2. The van der Waals surface area contributed by atoms with Crippen LogP contribution in [0.25, 0.3) is 10.6 Å². The standard InChI is InChI=1S/C18H24N4O2S/c1-3-7-20-16(23)12-22(9-4-2)17(24)10-15-13-25-18(21-15)14-6-5-8-19-11-14/h5-6,8,11,13H,3-4,7,9-10,12H2,1-2H3,(H,20,23). The molecule has 0 fully saturated rings. The normalized spacial score (nSPS) is 10.5. The third kappa shape index (κ3) is 5.94. The van der Waals surface area contributed by atoms with Crippen LogP contribution in [0.4, 0.5) is 0 Å². The summed E-state index contributed by atoms with van der Waals surface area (Å²) in [6.07, 6.45) is 5.37. The van der Waals surface area contributed by atoms with Crippen LogP contribution in [-0.4, -0.2) is 46.3 Å². The summed E-state index contributed by atoms with van der Waals surface area (Å²) in [6.45, 7) is 5.29. The van der Waals surface area contributed by atoms with E-state index < -0.39 is 0 Å². The molecule has 2 amide bonds. The van der Waals surface area contributed by atoms with Gasteiger partial charge in [0.25, 0.3) is 0 Å². The van der Waals surface area contributed by atoms with Gasteiger partial charge in [-0.25, -0.2) is 4.98 Å². The molecular formula is C18H24N4O2S. The van der Waals surface area contributed by atoms with Crippen molar-refractivity contribution < 1.29 is 9.59 Å². The summed E-state index contributed by atoms with van der Waals surface area (Å²) in [5.74, 6) is -0.186. The molecule has 2 rings (SSSR count). The second kappa shape index (κ2) is 9.88. The molecule has 0 aromatic carbocycles. The first kappa shape index (κ1) is 19.1. The monoisotopic (exact) mass is 360 g/mol. The number of pyridine rings is 1. The zero-order valence-corrected chi connectivity index (χ0v) is 15.5. The van der Waals surface area contributed by atoms with Gasteiger partial charge in [0.15, 0.2) is 0 Å². The molecule has 2 heterocycles. The Bertz CT molecular complexity index is 687. The molecule has 0 saturated heterocycles. The molecule has 0 aliphatic carbocycles. The predicted octanol–water partition coefficient (Wildman–Crippen LogP) is 2.51. The van der Waals surface area contributed by atoms with Gasteiger partial charge < -0.3 is 10.2 Å². The molecule has 0 atom stereocenters. The fourth-order valence-electron chi connectivity index (χ4n) is 2.33. The Kier molecular flexibility index (Phi) is 7.53. The van der Waals surface area contributed by atoms with Crippen molar-refractivity contribution in [1.29, 1.82) is 0 Å². The van der Waals surface area contributed by atoms with Crippen molar-refractivity contribution in [2.75, 3.05) is 19.6 Å².